The van der Waals surface area contributed by atoms with Crippen molar-refractivity contribution in [2.75, 3.05) is 19.6 Å². The molecule has 2 fully saturated rings. The summed E-state index contributed by atoms with van der Waals surface area (Å²) in [7, 11) is 0. The molecular weight excluding hydrogens is 332 g/mol. The van der Waals surface area contributed by atoms with Gasteiger partial charge in [-0.2, -0.15) is 0 Å². The molecule has 6 heteroatoms. The number of carbonyl (C=O) groups excluding carboxylic acids is 1. The summed E-state index contributed by atoms with van der Waals surface area (Å²) in [5.41, 5.74) is 2.46. The van der Waals surface area contributed by atoms with E-state index in [0.29, 0.717) is 6.04 Å². The Hall–Kier alpha value is -1.76. The summed E-state index contributed by atoms with van der Waals surface area (Å²) in [4.78, 5) is 20.5. The van der Waals surface area contributed by atoms with Gasteiger partial charge in [-0.25, -0.2) is 4.98 Å². The average Bonchev–Trinajstić information content (AvgIpc) is 3.32. The van der Waals surface area contributed by atoms with Crippen LogP contribution in [-0.2, 0) is 11.3 Å². The number of nitrogens with zero attached hydrogens (tertiary/aromatic N) is 2. The third-order valence-electron chi connectivity index (χ3n) is 4.81. The van der Waals surface area contributed by atoms with E-state index >= 15 is 0 Å². The number of thiazole rings is 1. The minimum absolute atomic E-state index is 0.0990. The lowest BCUT2D eigenvalue weighted by atomic mass is 10.1. The second kappa shape index (κ2) is 7.23. The third-order valence-corrected chi connectivity index (χ3v) is 5.82. The van der Waals surface area contributed by atoms with Crippen LogP contribution in [0.3, 0.4) is 0 Å². The number of benzene rings is 1. The summed E-state index contributed by atoms with van der Waals surface area (Å²) in [5.74, 6) is 0.150. The van der Waals surface area contributed by atoms with E-state index in [-0.39, 0.29) is 11.9 Å². The van der Waals surface area contributed by atoms with Crippen LogP contribution >= 0.6 is 11.3 Å². The minimum atomic E-state index is -0.0990. The second-order valence-corrected chi connectivity index (χ2v) is 8.09. The maximum absolute atomic E-state index is 12.3. The predicted octanol–water partition coefficient (Wildman–Crippen LogP) is 2.17. The topological polar surface area (TPSA) is 57.3 Å². The predicted molar refractivity (Wildman–Crippen MR) is 101 cm³/mol. The zero-order chi connectivity index (χ0) is 17.2. The van der Waals surface area contributed by atoms with Gasteiger partial charge in [-0.1, -0.05) is 24.3 Å². The Labute approximate surface area is 152 Å². The normalized spacial score (nSPS) is 21.2. The maximum atomic E-state index is 12.3. The summed E-state index contributed by atoms with van der Waals surface area (Å²) in [5, 5.41) is 7.52. The molecule has 25 heavy (non-hydrogen) atoms. The van der Waals surface area contributed by atoms with E-state index in [1.165, 1.54) is 16.0 Å². The molecule has 1 aliphatic carbocycles. The highest BCUT2D eigenvalue weighted by Crippen LogP contribution is 2.28. The lowest BCUT2D eigenvalue weighted by Gasteiger charge is -2.32. The van der Waals surface area contributed by atoms with Crippen molar-refractivity contribution in [1.29, 1.82) is 0 Å². The molecule has 1 aromatic heterocycles. The van der Waals surface area contributed by atoms with E-state index in [2.05, 4.69) is 51.7 Å². The number of rotatable bonds is 5. The highest BCUT2D eigenvalue weighted by molar-refractivity contribution is 7.15. The van der Waals surface area contributed by atoms with Crippen LogP contribution in [0.15, 0.2) is 30.5 Å². The van der Waals surface area contributed by atoms with Crippen LogP contribution in [0.5, 0.6) is 0 Å². The van der Waals surface area contributed by atoms with E-state index in [1.807, 2.05) is 6.20 Å². The molecule has 2 aliphatic rings. The first-order chi connectivity index (χ1) is 12.2. The SMILES string of the molecule is Cc1ccccc1-c1ncc(CN2CCN[C@@H](C(=O)NC3CC3)C2)s1. The minimum Gasteiger partial charge on any atom is -0.352 e. The molecule has 1 aliphatic heterocycles. The molecule has 2 aromatic rings. The molecule has 0 radical (unpaired) electrons. The molecule has 2 heterocycles. The number of aromatic nitrogens is 1. The van der Waals surface area contributed by atoms with Gasteiger partial charge in [-0.05, 0) is 25.3 Å². The van der Waals surface area contributed by atoms with Crippen LogP contribution in [0.1, 0.15) is 23.3 Å². The number of amides is 1. The Bertz CT molecular complexity index is 755. The fourth-order valence-electron chi connectivity index (χ4n) is 3.20. The van der Waals surface area contributed by atoms with Gasteiger partial charge in [0.2, 0.25) is 5.91 Å². The van der Waals surface area contributed by atoms with E-state index in [1.54, 1.807) is 11.3 Å². The largest absolute Gasteiger partial charge is 0.352 e. The van der Waals surface area contributed by atoms with Gasteiger partial charge in [0.1, 0.15) is 5.01 Å². The van der Waals surface area contributed by atoms with Gasteiger partial charge in [0.05, 0.1) is 6.04 Å². The molecule has 4 rings (SSSR count). The molecule has 1 amide bonds. The van der Waals surface area contributed by atoms with E-state index in [0.717, 1.165) is 44.0 Å². The Kier molecular flexibility index (Phi) is 4.83. The lowest BCUT2D eigenvalue weighted by Crippen LogP contribution is -2.57. The zero-order valence-corrected chi connectivity index (χ0v) is 15.3. The second-order valence-electron chi connectivity index (χ2n) is 6.97. The summed E-state index contributed by atoms with van der Waals surface area (Å²) in [6.45, 7) is 5.56. The van der Waals surface area contributed by atoms with Crippen LogP contribution in [-0.4, -0.2) is 47.5 Å². The molecule has 132 valence electrons. The van der Waals surface area contributed by atoms with Crippen LogP contribution < -0.4 is 10.6 Å². The highest BCUT2D eigenvalue weighted by atomic mass is 32.1. The maximum Gasteiger partial charge on any atom is 0.238 e. The van der Waals surface area contributed by atoms with Crippen LogP contribution in [0.25, 0.3) is 10.6 Å². The number of hydrogen-bond acceptors (Lipinski definition) is 5. The number of hydrogen-bond donors (Lipinski definition) is 2. The first-order valence-electron chi connectivity index (χ1n) is 8.96. The van der Waals surface area contributed by atoms with Crippen molar-refractivity contribution in [2.24, 2.45) is 0 Å². The first-order valence-corrected chi connectivity index (χ1v) is 9.77. The lowest BCUT2D eigenvalue weighted by molar-refractivity contribution is -0.124. The summed E-state index contributed by atoms with van der Waals surface area (Å²) in [6, 6.07) is 8.68. The molecule has 0 bridgehead atoms. The van der Waals surface area contributed by atoms with Crippen molar-refractivity contribution in [1.82, 2.24) is 20.5 Å². The van der Waals surface area contributed by atoms with E-state index in [4.69, 9.17) is 0 Å². The van der Waals surface area contributed by atoms with Gasteiger partial charge in [0.15, 0.2) is 0 Å². The smallest absolute Gasteiger partial charge is 0.238 e. The molecular formula is C19H24N4OS. The van der Waals surface area contributed by atoms with Gasteiger partial charge in [-0.3, -0.25) is 9.69 Å². The Balaban J connectivity index is 1.38. The molecule has 1 aromatic carbocycles. The third kappa shape index (κ3) is 4.08. The van der Waals surface area contributed by atoms with Crippen molar-refractivity contribution < 1.29 is 4.79 Å². The van der Waals surface area contributed by atoms with E-state index in [9.17, 15) is 4.79 Å². The molecule has 0 unspecified atom stereocenters. The number of aryl methyl sites for hydroxylation is 1. The van der Waals surface area contributed by atoms with Gasteiger partial charge in [0.25, 0.3) is 0 Å². The average molecular weight is 356 g/mol. The van der Waals surface area contributed by atoms with Crippen LogP contribution in [0, 0.1) is 6.92 Å². The van der Waals surface area contributed by atoms with Gasteiger partial charge >= 0.3 is 0 Å². The summed E-state index contributed by atoms with van der Waals surface area (Å²) >= 11 is 1.75. The van der Waals surface area contributed by atoms with Crippen molar-refractivity contribution in [3.05, 3.63) is 40.9 Å². The van der Waals surface area contributed by atoms with Crippen LogP contribution in [0.2, 0.25) is 0 Å². The number of piperazine rings is 1. The fraction of sp³-hybridized carbons (Fsp3) is 0.474. The fourth-order valence-corrected chi connectivity index (χ4v) is 4.24. The number of carbonyl (C=O) groups is 1. The molecule has 1 atom stereocenters. The first kappa shape index (κ1) is 16.7. The quantitative estimate of drug-likeness (QED) is 0.862. The Morgan fingerprint density at radius 3 is 3.04 bits per heavy atom. The monoisotopic (exact) mass is 356 g/mol. The van der Waals surface area contributed by atoms with Gasteiger partial charge < -0.3 is 10.6 Å². The molecule has 1 saturated carbocycles. The standard InChI is InChI=1S/C19H24N4OS/c1-13-4-2-3-5-16(13)19-21-10-15(25-19)11-23-9-8-20-17(12-23)18(24)22-14-6-7-14/h2-5,10,14,17,20H,6-9,11-12H2,1H3,(H,22,24)/t17-/m1/s1. The molecule has 0 spiro atoms. The molecule has 5 nitrogen and oxygen atoms in total. The Morgan fingerprint density at radius 1 is 1.40 bits per heavy atom. The number of nitrogens with one attached hydrogen (secondary N) is 2. The van der Waals surface area contributed by atoms with Crippen molar-refractivity contribution in [3.63, 3.8) is 0 Å². The highest BCUT2D eigenvalue weighted by Gasteiger charge is 2.30. The van der Waals surface area contributed by atoms with E-state index < -0.39 is 0 Å². The van der Waals surface area contributed by atoms with Crippen molar-refractivity contribution in [3.8, 4) is 10.6 Å². The van der Waals surface area contributed by atoms with Crippen molar-refractivity contribution >= 4 is 17.2 Å². The molecule has 1 saturated heterocycles. The van der Waals surface area contributed by atoms with Gasteiger partial charge in [-0.15, -0.1) is 11.3 Å². The van der Waals surface area contributed by atoms with Gasteiger partial charge in [0, 0.05) is 48.9 Å². The van der Waals surface area contributed by atoms with Crippen molar-refractivity contribution in [2.45, 2.75) is 38.4 Å². The zero-order valence-electron chi connectivity index (χ0n) is 14.5. The molecule has 2 N–H and O–H groups in total. The Morgan fingerprint density at radius 2 is 2.24 bits per heavy atom. The summed E-state index contributed by atoms with van der Waals surface area (Å²) in [6.07, 6.45) is 4.24. The summed E-state index contributed by atoms with van der Waals surface area (Å²) < 4.78 is 0. The van der Waals surface area contributed by atoms with Crippen LogP contribution in [0.4, 0.5) is 0 Å².